The van der Waals surface area contributed by atoms with Crippen molar-refractivity contribution in [3.8, 4) is 5.75 Å². The zero-order valence-electron chi connectivity index (χ0n) is 17.5. The molecule has 7 nitrogen and oxygen atoms in total. The van der Waals surface area contributed by atoms with Crippen LogP contribution < -0.4 is 11.2 Å². The molecule has 0 saturated carbocycles. The lowest BCUT2D eigenvalue weighted by atomic mass is 10.0. The van der Waals surface area contributed by atoms with Gasteiger partial charge in [-0.1, -0.05) is 53.8 Å². The van der Waals surface area contributed by atoms with E-state index in [9.17, 15) is 5.11 Å². The Hall–Kier alpha value is -3.03. The van der Waals surface area contributed by atoms with E-state index in [1.165, 1.54) is 0 Å². The van der Waals surface area contributed by atoms with Crippen LogP contribution >= 0.6 is 0 Å². The molecular formula is C23H32N6O. The van der Waals surface area contributed by atoms with Crippen molar-refractivity contribution in [2.45, 2.75) is 19.4 Å². The maximum Gasteiger partial charge on any atom is 0.155 e. The van der Waals surface area contributed by atoms with Gasteiger partial charge in [0.1, 0.15) is 5.75 Å². The van der Waals surface area contributed by atoms with Gasteiger partial charge in [0.25, 0.3) is 0 Å². The van der Waals surface area contributed by atoms with Crippen LogP contribution in [0.3, 0.4) is 0 Å². The van der Waals surface area contributed by atoms with Gasteiger partial charge in [0.15, 0.2) is 5.84 Å². The molecule has 0 radical (unpaired) electrons. The Morgan fingerprint density at radius 3 is 2.97 bits per heavy atom. The summed E-state index contributed by atoms with van der Waals surface area (Å²) in [5.74, 6) is 5.10. The summed E-state index contributed by atoms with van der Waals surface area (Å²) in [4.78, 5) is 2.41. The molecule has 2 aliphatic rings. The fraction of sp³-hybridized carbons (Fsp3) is 0.348. The third-order valence-corrected chi connectivity index (χ3v) is 4.79. The number of amidine groups is 1. The molecule has 1 aromatic carbocycles. The second kappa shape index (κ2) is 12.5. The lowest BCUT2D eigenvalue weighted by Gasteiger charge is -2.30. The smallest absolute Gasteiger partial charge is 0.155 e. The van der Waals surface area contributed by atoms with Crippen molar-refractivity contribution >= 4 is 5.84 Å². The van der Waals surface area contributed by atoms with Crippen LogP contribution in [0.2, 0.25) is 0 Å². The first-order valence-corrected chi connectivity index (χ1v) is 10.1. The number of allylic oxidation sites excluding steroid dienone is 4. The highest BCUT2D eigenvalue weighted by molar-refractivity contribution is 5.85. The molecule has 2 atom stereocenters. The van der Waals surface area contributed by atoms with Gasteiger partial charge in [-0.25, -0.2) is 0 Å². The van der Waals surface area contributed by atoms with Gasteiger partial charge in [-0.3, -0.25) is 10.3 Å². The Labute approximate surface area is 178 Å². The number of nitrogens with one attached hydrogen (secondary N) is 2. The molecule has 1 fully saturated rings. The molecule has 160 valence electrons. The van der Waals surface area contributed by atoms with Crippen LogP contribution in [0.25, 0.3) is 0 Å². The number of benzene rings is 1. The van der Waals surface area contributed by atoms with Crippen LogP contribution in [0, 0.1) is 11.3 Å². The van der Waals surface area contributed by atoms with Crippen LogP contribution in [-0.4, -0.2) is 48.1 Å². The normalized spacial score (nSPS) is 21.4. The first-order chi connectivity index (χ1) is 14.5. The topological polar surface area (TPSA) is 110 Å². The van der Waals surface area contributed by atoms with E-state index in [1.54, 1.807) is 12.1 Å². The first kappa shape index (κ1) is 23.3. The predicted molar refractivity (Wildman–Crippen MR) is 123 cm³/mol. The summed E-state index contributed by atoms with van der Waals surface area (Å²) in [6.07, 6.45) is 12.3. The molecule has 5 N–H and O–H groups in total. The number of rotatable bonds is 5. The second-order valence-electron chi connectivity index (χ2n) is 7.36. The molecule has 0 spiro atoms. The number of nitrogens with zero attached hydrogens (tertiary/aromatic N) is 3. The minimum atomic E-state index is -0.222. The molecular weight excluding hydrogens is 376 g/mol. The average Bonchev–Trinajstić information content (AvgIpc) is 2.95. The number of hydrogen-bond acceptors (Lipinski definition) is 5. The van der Waals surface area contributed by atoms with Crippen molar-refractivity contribution in [3.05, 3.63) is 78.4 Å². The summed E-state index contributed by atoms with van der Waals surface area (Å²) in [6.45, 7) is 10.4. The quantitative estimate of drug-likeness (QED) is 0.149. The van der Waals surface area contributed by atoms with E-state index >= 15 is 0 Å². The number of aromatic hydroxyl groups is 1. The third-order valence-electron chi connectivity index (χ3n) is 4.79. The van der Waals surface area contributed by atoms with E-state index < -0.39 is 0 Å². The van der Waals surface area contributed by atoms with Crippen molar-refractivity contribution in [2.75, 3.05) is 26.2 Å². The Balaban J connectivity index is 0.000000269. The standard InChI is InChI=1S/C15H16N4O.C8H16N2/c16-15(18-19-17)13-5-1-3-11(7-8-13)9-12-4-2-6-14(20)10-12;1-3-5-10-6-4-9-8(2)7-10/h1-8,10,13,20H,9H2,(H3,16,17,18);3,8-9H,1,4-7H2,2H3. The fourth-order valence-electron chi connectivity index (χ4n) is 3.34. The fourth-order valence-corrected chi connectivity index (χ4v) is 3.34. The van der Waals surface area contributed by atoms with E-state index in [0.29, 0.717) is 12.5 Å². The van der Waals surface area contributed by atoms with Gasteiger partial charge < -0.3 is 16.3 Å². The van der Waals surface area contributed by atoms with Crippen LogP contribution in [0.1, 0.15) is 12.5 Å². The predicted octanol–water partition coefficient (Wildman–Crippen LogP) is 3.37. The van der Waals surface area contributed by atoms with E-state index in [0.717, 1.165) is 37.3 Å². The molecule has 0 aromatic heterocycles. The van der Waals surface area contributed by atoms with Crippen molar-refractivity contribution in [1.82, 2.24) is 10.2 Å². The highest BCUT2D eigenvalue weighted by atomic mass is 16.3. The molecule has 0 amide bonds. The van der Waals surface area contributed by atoms with Gasteiger partial charge in [0, 0.05) is 32.2 Å². The number of phenols is 1. The zero-order chi connectivity index (χ0) is 21.8. The van der Waals surface area contributed by atoms with E-state index in [1.807, 2.05) is 48.6 Å². The van der Waals surface area contributed by atoms with E-state index in [4.69, 9.17) is 11.3 Å². The third kappa shape index (κ3) is 8.14. The van der Waals surface area contributed by atoms with Crippen LogP contribution in [0.15, 0.2) is 83.2 Å². The Bertz CT molecular complexity index is 827. The zero-order valence-corrected chi connectivity index (χ0v) is 17.5. The van der Waals surface area contributed by atoms with Gasteiger partial charge in [0.2, 0.25) is 0 Å². The molecule has 1 aliphatic carbocycles. The molecule has 1 saturated heterocycles. The van der Waals surface area contributed by atoms with E-state index in [2.05, 4.69) is 34.1 Å². The first-order valence-electron chi connectivity index (χ1n) is 10.1. The minimum absolute atomic E-state index is 0.104. The highest BCUT2D eigenvalue weighted by Gasteiger charge is 2.13. The molecule has 1 aromatic rings. The van der Waals surface area contributed by atoms with Crippen molar-refractivity contribution in [3.63, 3.8) is 0 Å². The van der Waals surface area contributed by atoms with Crippen molar-refractivity contribution < 1.29 is 5.11 Å². The lowest BCUT2D eigenvalue weighted by Crippen LogP contribution is -2.49. The number of phenolic OH excluding ortho intramolecular Hbond substituents is 1. The molecule has 1 aliphatic heterocycles. The number of piperazine rings is 1. The Morgan fingerprint density at radius 2 is 2.27 bits per heavy atom. The summed E-state index contributed by atoms with van der Waals surface area (Å²) in [7, 11) is 0. The van der Waals surface area contributed by atoms with Gasteiger partial charge in [-0.15, -0.1) is 11.7 Å². The number of hydrogen-bond donors (Lipinski definition) is 4. The molecule has 7 heteroatoms. The lowest BCUT2D eigenvalue weighted by molar-refractivity contribution is 0.226. The van der Waals surface area contributed by atoms with Crippen LogP contribution in [-0.2, 0) is 6.42 Å². The Kier molecular flexibility index (Phi) is 9.70. The molecule has 0 bridgehead atoms. The van der Waals surface area contributed by atoms with Gasteiger partial charge in [-0.05, 0) is 36.6 Å². The van der Waals surface area contributed by atoms with Crippen LogP contribution in [0.4, 0.5) is 0 Å². The highest BCUT2D eigenvalue weighted by Crippen LogP contribution is 2.18. The van der Waals surface area contributed by atoms with Crippen LogP contribution in [0.5, 0.6) is 5.75 Å². The summed E-state index contributed by atoms with van der Waals surface area (Å²) in [5.41, 5.74) is 2.12. The summed E-state index contributed by atoms with van der Waals surface area (Å²) in [6, 6.07) is 7.82. The van der Waals surface area contributed by atoms with Crippen molar-refractivity contribution in [2.24, 2.45) is 22.1 Å². The minimum Gasteiger partial charge on any atom is -0.508 e. The van der Waals surface area contributed by atoms with Gasteiger partial charge in [-0.2, -0.15) is 0 Å². The molecule has 1 heterocycles. The molecule has 3 rings (SSSR count). The Morgan fingerprint density at radius 1 is 1.43 bits per heavy atom. The molecule has 30 heavy (non-hydrogen) atoms. The maximum absolute atomic E-state index is 9.46. The van der Waals surface area contributed by atoms with Crippen molar-refractivity contribution in [1.29, 1.82) is 5.41 Å². The summed E-state index contributed by atoms with van der Waals surface area (Å²) < 4.78 is 0. The monoisotopic (exact) mass is 408 g/mol. The van der Waals surface area contributed by atoms with Gasteiger partial charge in [0.05, 0.1) is 5.92 Å². The largest absolute Gasteiger partial charge is 0.508 e. The van der Waals surface area contributed by atoms with E-state index in [-0.39, 0.29) is 17.5 Å². The van der Waals surface area contributed by atoms with Gasteiger partial charge >= 0.3 is 0 Å². The molecule has 2 unspecified atom stereocenters. The maximum atomic E-state index is 9.46. The SMILES string of the molecule is C=CCN1CCNC(C)C1.N=C(N=NN)C1C=CC=C(Cc2cccc(O)c2)C=C1. The second-order valence-corrected chi connectivity index (χ2v) is 7.36. The number of nitrogens with two attached hydrogens (primary N) is 1. The summed E-state index contributed by atoms with van der Waals surface area (Å²) in [5, 5.41) is 27.2. The summed E-state index contributed by atoms with van der Waals surface area (Å²) >= 11 is 0. The average molecular weight is 409 g/mol.